The van der Waals surface area contributed by atoms with Gasteiger partial charge in [-0.3, -0.25) is 9.59 Å². The number of amides is 1. The van der Waals surface area contributed by atoms with Gasteiger partial charge in [0.25, 0.3) is 5.91 Å². The van der Waals surface area contributed by atoms with Gasteiger partial charge in [0, 0.05) is 0 Å². The zero-order valence-corrected chi connectivity index (χ0v) is 9.29. The molecule has 86 valence electrons. The molecule has 1 amide bonds. The molecule has 0 atom stereocenters. The summed E-state index contributed by atoms with van der Waals surface area (Å²) in [6.45, 7) is 0. The van der Waals surface area contributed by atoms with E-state index in [-0.39, 0.29) is 18.0 Å². The van der Waals surface area contributed by atoms with Crippen molar-refractivity contribution in [2.45, 2.75) is 31.2 Å². The molecule has 1 aromatic heterocycles. The van der Waals surface area contributed by atoms with Crippen LogP contribution in [0.4, 0.5) is 0 Å². The first-order valence-corrected chi connectivity index (χ1v) is 5.66. The Labute approximate surface area is 96.0 Å². The largest absolute Gasteiger partial charge is 0.481 e. The molecule has 1 heterocycles. The third-order valence-electron chi connectivity index (χ3n) is 2.77. The lowest BCUT2D eigenvalue weighted by Crippen LogP contribution is -2.54. The molecule has 6 nitrogen and oxygen atoms in total. The van der Waals surface area contributed by atoms with Crippen molar-refractivity contribution in [2.24, 2.45) is 0 Å². The molecule has 0 unspecified atom stereocenters. The summed E-state index contributed by atoms with van der Waals surface area (Å²) in [7, 11) is 0. The molecular weight excluding hydrogens is 230 g/mol. The van der Waals surface area contributed by atoms with Gasteiger partial charge >= 0.3 is 5.97 Å². The summed E-state index contributed by atoms with van der Waals surface area (Å²) in [4.78, 5) is 22.4. The zero-order chi connectivity index (χ0) is 11.6. The molecule has 16 heavy (non-hydrogen) atoms. The SMILES string of the molecule is O=C(O)CC1(NC(=O)c2cnsn2)CCC1. The monoisotopic (exact) mass is 241 g/mol. The van der Waals surface area contributed by atoms with Crippen molar-refractivity contribution in [3.8, 4) is 0 Å². The van der Waals surface area contributed by atoms with Gasteiger partial charge < -0.3 is 10.4 Å². The highest BCUT2D eigenvalue weighted by molar-refractivity contribution is 6.99. The fourth-order valence-electron chi connectivity index (χ4n) is 1.81. The minimum Gasteiger partial charge on any atom is -0.481 e. The number of carbonyl (C=O) groups excluding carboxylic acids is 1. The van der Waals surface area contributed by atoms with Gasteiger partial charge in [0.2, 0.25) is 0 Å². The topological polar surface area (TPSA) is 92.2 Å². The second kappa shape index (κ2) is 4.17. The first-order valence-electron chi connectivity index (χ1n) is 4.93. The average molecular weight is 241 g/mol. The number of carboxylic acids is 1. The van der Waals surface area contributed by atoms with Crippen LogP contribution >= 0.6 is 11.7 Å². The predicted molar refractivity (Wildman–Crippen MR) is 56.2 cm³/mol. The molecule has 7 heteroatoms. The average Bonchev–Trinajstić information content (AvgIpc) is 2.66. The predicted octanol–water partition coefficient (Wildman–Crippen LogP) is 0.665. The number of carboxylic acid groups (broad SMARTS) is 1. The molecule has 1 fully saturated rings. The van der Waals surface area contributed by atoms with Crippen LogP contribution in [0.25, 0.3) is 0 Å². The lowest BCUT2D eigenvalue weighted by Gasteiger charge is -2.41. The summed E-state index contributed by atoms with van der Waals surface area (Å²) in [5, 5.41) is 11.5. The maximum atomic E-state index is 11.7. The third kappa shape index (κ3) is 2.19. The van der Waals surface area contributed by atoms with E-state index in [0.29, 0.717) is 12.8 Å². The molecule has 2 rings (SSSR count). The molecule has 2 N–H and O–H groups in total. The number of aliphatic carboxylic acids is 1. The first-order chi connectivity index (χ1) is 7.61. The van der Waals surface area contributed by atoms with Crippen molar-refractivity contribution >= 4 is 23.6 Å². The Bertz CT molecular complexity index is 400. The van der Waals surface area contributed by atoms with Gasteiger partial charge in [0.15, 0.2) is 5.69 Å². The highest BCUT2D eigenvalue weighted by Crippen LogP contribution is 2.35. The van der Waals surface area contributed by atoms with E-state index in [1.54, 1.807) is 0 Å². The third-order valence-corrected chi connectivity index (χ3v) is 3.25. The van der Waals surface area contributed by atoms with Crippen LogP contribution in [-0.2, 0) is 4.79 Å². The maximum Gasteiger partial charge on any atom is 0.305 e. The van der Waals surface area contributed by atoms with Crippen molar-refractivity contribution in [2.75, 3.05) is 0 Å². The van der Waals surface area contributed by atoms with Crippen molar-refractivity contribution < 1.29 is 14.7 Å². The quantitative estimate of drug-likeness (QED) is 0.808. The smallest absolute Gasteiger partial charge is 0.305 e. The summed E-state index contributed by atoms with van der Waals surface area (Å²) >= 11 is 0.956. The second-order valence-electron chi connectivity index (χ2n) is 3.95. The molecule has 0 aromatic carbocycles. The summed E-state index contributed by atoms with van der Waals surface area (Å²) in [5.41, 5.74) is -0.325. The van der Waals surface area contributed by atoms with Crippen molar-refractivity contribution in [3.05, 3.63) is 11.9 Å². The highest BCUT2D eigenvalue weighted by Gasteiger charge is 2.40. The Hall–Kier alpha value is -1.50. The van der Waals surface area contributed by atoms with Crippen LogP contribution in [0.15, 0.2) is 6.20 Å². The van der Waals surface area contributed by atoms with Crippen molar-refractivity contribution in [1.29, 1.82) is 0 Å². The van der Waals surface area contributed by atoms with Crippen LogP contribution in [0.3, 0.4) is 0 Å². The van der Waals surface area contributed by atoms with Gasteiger partial charge in [-0.05, 0) is 19.3 Å². The summed E-state index contributed by atoms with van der Waals surface area (Å²) < 4.78 is 7.54. The minimum atomic E-state index is -0.892. The van der Waals surface area contributed by atoms with Crippen LogP contribution in [-0.4, -0.2) is 31.3 Å². The molecule has 1 aromatic rings. The van der Waals surface area contributed by atoms with E-state index >= 15 is 0 Å². The Kier molecular flexibility index (Phi) is 2.86. The first kappa shape index (κ1) is 11.0. The van der Waals surface area contributed by atoms with E-state index in [9.17, 15) is 9.59 Å². The van der Waals surface area contributed by atoms with Crippen LogP contribution in [0.2, 0.25) is 0 Å². The molecule has 1 aliphatic carbocycles. The highest BCUT2D eigenvalue weighted by atomic mass is 32.1. The van der Waals surface area contributed by atoms with Crippen molar-refractivity contribution in [1.82, 2.24) is 14.1 Å². The number of hydrogen-bond acceptors (Lipinski definition) is 5. The number of carbonyl (C=O) groups is 2. The normalized spacial score (nSPS) is 17.5. The minimum absolute atomic E-state index is 0.0314. The number of nitrogens with zero attached hydrogens (tertiary/aromatic N) is 2. The standard InChI is InChI=1S/C9H11N3O3S/c13-7(14)4-9(2-1-3-9)11-8(15)6-5-10-16-12-6/h5H,1-4H2,(H,11,15)(H,13,14). The van der Waals surface area contributed by atoms with Crippen LogP contribution in [0.5, 0.6) is 0 Å². The van der Waals surface area contributed by atoms with Gasteiger partial charge in [-0.2, -0.15) is 8.75 Å². The fourth-order valence-corrected chi connectivity index (χ4v) is 2.22. The van der Waals surface area contributed by atoms with Crippen LogP contribution in [0, 0.1) is 0 Å². The van der Waals surface area contributed by atoms with E-state index in [1.807, 2.05) is 0 Å². The van der Waals surface area contributed by atoms with Gasteiger partial charge in [-0.25, -0.2) is 0 Å². The fraction of sp³-hybridized carbons (Fsp3) is 0.556. The van der Waals surface area contributed by atoms with E-state index in [2.05, 4.69) is 14.1 Å². The number of nitrogens with one attached hydrogen (secondary N) is 1. The molecule has 1 saturated carbocycles. The number of aromatic nitrogens is 2. The van der Waals surface area contributed by atoms with Gasteiger partial charge in [-0.1, -0.05) is 0 Å². The van der Waals surface area contributed by atoms with Gasteiger partial charge in [0.05, 0.1) is 29.9 Å². The summed E-state index contributed by atoms with van der Waals surface area (Å²) in [6, 6.07) is 0. The van der Waals surface area contributed by atoms with Crippen LogP contribution in [0.1, 0.15) is 36.2 Å². The van der Waals surface area contributed by atoms with Gasteiger partial charge in [0.1, 0.15) is 0 Å². The zero-order valence-electron chi connectivity index (χ0n) is 8.47. The molecule has 0 spiro atoms. The van der Waals surface area contributed by atoms with E-state index in [0.717, 1.165) is 18.1 Å². The van der Waals surface area contributed by atoms with E-state index in [1.165, 1.54) is 6.20 Å². The Morgan fingerprint density at radius 2 is 2.31 bits per heavy atom. The molecular formula is C9H11N3O3S. The van der Waals surface area contributed by atoms with E-state index in [4.69, 9.17) is 5.11 Å². The second-order valence-corrected chi connectivity index (χ2v) is 4.51. The van der Waals surface area contributed by atoms with Crippen LogP contribution < -0.4 is 5.32 Å². The lowest BCUT2D eigenvalue weighted by atomic mass is 9.74. The Morgan fingerprint density at radius 1 is 1.56 bits per heavy atom. The maximum absolute atomic E-state index is 11.7. The Balaban J connectivity index is 2.02. The molecule has 0 aliphatic heterocycles. The molecule has 1 aliphatic rings. The summed E-state index contributed by atoms with van der Waals surface area (Å²) in [6.07, 6.45) is 3.72. The van der Waals surface area contributed by atoms with E-state index < -0.39 is 11.5 Å². The number of rotatable bonds is 4. The molecule has 0 bridgehead atoms. The lowest BCUT2D eigenvalue weighted by molar-refractivity contribution is -0.139. The summed E-state index contributed by atoms with van der Waals surface area (Å²) in [5.74, 6) is -1.23. The molecule has 0 radical (unpaired) electrons. The molecule has 0 saturated heterocycles. The van der Waals surface area contributed by atoms with Crippen molar-refractivity contribution in [3.63, 3.8) is 0 Å². The number of hydrogen-bond donors (Lipinski definition) is 2. The van der Waals surface area contributed by atoms with Gasteiger partial charge in [-0.15, -0.1) is 0 Å². The Morgan fingerprint density at radius 3 is 2.75 bits per heavy atom.